The smallest absolute Gasteiger partial charge is 0.271 e. The monoisotopic (exact) mass is 356 g/mol. The maximum absolute atomic E-state index is 12.9. The van der Waals surface area contributed by atoms with E-state index < -0.39 is 6.04 Å². The maximum atomic E-state index is 12.9. The fraction of sp³-hybridized carbons (Fsp3) is 0.389. The van der Waals surface area contributed by atoms with E-state index >= 15 is 0 Å². The van der Waals surface area contributed by atoms with Gasteiger partial charge in [0.15, 0.2) is 0 Å². The summed E-state index contributed by atoms with van der Waals surface area (Å²) < 4.78 is 1.81. The summed E-state index contributed by atoms with van der Waals surface area (Å²) in [5.41, 5.74) is 1.18. The lowest BCUT2D eigenvalue weighted by molar-refractivity contribution is -0.201. The normalized spacial score (nSPS) is 19.9. The number of nitrogens with zero attached hydrogens (tertiary/aromatic N) is 4. The van der Waals surface area contributed by atoms with Gasteiger partial charge in [0, 0.05) is 18.3 Å². The minimum atomic E-state index is -0.569. The lowest BCUT2D eigenvalue weighted by atomic mass is 10.1. The maximum Gasteiger partial charge on any atom is 0.271 e. The third-order valence-corrected chi connectivity index (χ3v) is 4.74. The molecule has 0 unspecified atom stereocenters. The van der Waals surface area contributed by atoms with Crippen LogP contribution in [0.1, 0.15) is 34.9 Å². The molecule has 3 heterocycles. The molecule has 2 aliphatic rings. The third-order valence-electron chi connectivity index (χ3n) is 4.74. The summed E-state index contributed by atoms with van der Waals surface area (Å²) in [6.45, 7) is 1.68. The lowest BCUT2D eigenvalue weighted by Gasteiger charge is -2.36. The molecule has 1 saturated heterocycles. The Bertz CT molecular complexity index is 828. The number of hydrogen-bond acceptors (Lipinski definition) is 5. The van der Waals surface area contributed by atoms with E-state index in [1.807, 2.05) is 4.57 Å². The first-order valence-electron chi connectivity index (χ1n) is 8.67. The summed E-state index contributed by atoms with van der Waals surface area (Å²) >= 11 is 0. The van der Waals surface area contributed by atoms with Crippen LogP contribution in [0.25, 0.3) is 0 Å². The molecule has 8 heteroatoms. The summed E-state index contributed by atoms with van der Waals surface area (Å²) in [5, 5.41) is 11.0. The van der Waals surface area contributed by atoms with Gasteiger partial charge < -0.3 is 14.6 Å². The van der Waals surface area contributed by atoms with Crippen LogP contribution in [0.15, 0.2) is 36.8 Å². The topological polar surface area (TPSA) is 87.9 Å². The van der Waals surface area contributed by atoms with E-state index in [2.05, 4.69) is 4.98 Å². The van der Waals surface area contributed by atoms with Crippen molar-refractivity contribution in [1.29, 1.82) is 0 Å². The second-order valence-corrected chi connectivity index (χ2v) is 6.52. The van der Waals surface area contributed by atoms with Gasteiger partial charge in [-0.3, -0.25) is 14.4 Å². The average Bonchev–Trinajstić information content (AvgIpc) is 3.15. The quantitative estimate of drug-likeness (QED) is 0.877. The van der Waals surface area contributed by atoms with E-state index in [0.717, 1.165) is 18.5 Å². The molecule has 0 aliphatic carbocycles. The highest BCUT2D eigenvalue weighted by atomic mass is 16.7. The molecule has 1 aromatic carbocycles. The number of carbonyl (C=O) groups excluding carboxylic acids is 2. The fourth-order valence-corrected chi connectivity index (χ4v) is 3.40. The largest absolute Gasteiger partial charge is 0.508 e. The van der Waals surface area contributed by atoms with Crippen molar-refractivity contribution in [3.63, 3.8) is 0 Å². The molecule has 2 aromatic rings. The number of phenolic OH excluding ortho intramolecular Hbond substituents is 1. The molecule has 1 aromatic heterocycles. The SMILES string of the molecule is O=C(c1cccc(O)c1)N1Cc2cncn2[C@H](C(=O)N2CCCCO2)C1. The average molecular weight is 356 g/mol. The zero-order valence-corrected chi connectivity index (χ0v) is 14.2. The summed E-state index contributed by atoms with van der Waals surface area (Å²) in [5.74, 6) is -0.365. The Morgan fingerprint density at radius 3 is 2.92 bits per heavy atom. The third kappa shape index (κ3) is 3.03. The van der Waals surface area contributed by atoms with Crippen molar-refractivity contribution in [2.24, 2.45) is 0 Å². The van der Waals surface area contributed by atoms with E-state index in [4.69, 9.17) is 4.84 Å². The van der Waals surface area contributed by atoms with Gasteiger partial charge in [0.1, 0.15) is 11.8 Å². The van der Waals surface area contributed by atoms with Gasteiger partial charge in [0.05, 0.1) is 31.7 Å². The predicted octanol–water partition coefficient (Wildman–Crippen LogP) is 1.34. The zero-order chi connectivity index (χ0) is 18.1. The second-order valence-electron chi connectivity index (χ2n) is 6.52. The number of aromatic nitrogens is 2. The molecule has 4 rings (SSSR count). The zero-order valence-electron chi connectivity index (χ0n) is 14.2. The number of benzene rings is 1. The van der Waals surface area contributed by atoms with Crippen molar-refractivity contribution >= 4 is 11.8 Å². The van der Waals surface area contributed by atoms with Crippen LogP contribution < -0.4 is 0 Å². The molecule has 136 valence electrons. The van der Waals surface area contributed by atoms with Gasteiger partial charge in [0.25, 0.3) is 11.8 Å². The van der Waals surface area contributed by atoms with Crippen LogP contribution in [0, 0.1) is 0 Å². The standard InChI is InChI=1S/C18H20N4O4/c23-15-5-3-4-13(8-15)17(24)20-10-14-9-19-12-21(14)16(11-20)18(25)22-6-1-2-7-26-22/h3-5,8-9,12,16,23H,1-2,6-7,10-11H2/t16-/m0/s1. The highest BCUT2D eigenvalue weighted by Crippen LogP contribution is 2.26. The molecular weight excluding hydrogens is 336 g/mol. The second kappa shape index (κ2) is 6.80. The number of aromatic hydroxyl groups is 1. The Morgan fingerprint density at radius 1 is 1.27 bits per heavy atom. The van der Waals surface area contributed by atoms with Gasteiger partial charge in [-0.1, -0.05) is 6.07 Å². The highest BCUT2D eigenvalue weighted by Gasteiger charge is 2.36. The van der Waals surface area contributed by atoms with Gasteiger partial charge in [-0.25, -0.2) is 10.0 Å². The Balaban J connectivity index is 1.59. The number of phenols is 1. The molecule has 26 heavy (non-hydrogen) atoms. The van der Waals surface area contributed by atoms with E-state index in [-0.39, 0.29) is 24.1 Å². The minimum Gasteiger partial charge on any atom is -0.508 e. The fourth-order valence-electron chi connectivity index (χ4n) is 3.40. The Labute approximate surface area is 150 Å². The predicted molar refractivity (Wildman–Crippen MR) is 91.0 cm³/mol. The van der Waals surface area contributed by atoms with Crippen LogP contribution in [0.3, 0.4) is 0 Å². The van der Waals surface area contributed by atoms with Crippen molar-refractivity contribution in [3.05, 3.63) is 48.0 Å². The minimum absolute atomic E-state index is 0.0345. The first kappa shape index (κ1) is 16.6. The van der Waals surface area contributed by atoms with Crippen LogP contribution in [0.2, 0.25) is 0 Å². The number of imidazole rings is 1. The van der Waals surface area contributed by atoms with Gasteiger partial charge in [0.2, 0.25) is 0 Å². The van der Waals surface area contributed by atoms with Crippen LogP contribution >= 0.6 is 0 Å². The number of carbonyl (C=O) groups is 2. The molecule has 8 nitrogen and oxygen atoms in total. The molecule has 2 aliphatic heterocycles. The molecule has 0 spiro atoms. The van der Waals surface area contributed by atoms with Gasteiger partial charge in [-0.15, -0.1) is 0 Å². The van der Waals surface area contributed by atoms with Crippen LogP contribution in [0.5, 0.6) is 5.75 Å². The van der Waals surface area contributed by atoms with E-state index in [1.54, 1.807) is 29.6 Å². The molecule has 0 radical (unpaired) electrons. The molecule has 1 atom stereocenters. The molecule has 1 fully saturated rings. The molecule has 0 bridgehead atoms. The highest BCUT2D eigenvalue weighted by molar-refractivity contribution is 5.95. The summed E-state index contributed by atoms with van der Waals surface area (Å²) in [6, 6.07) is 5.65. The van der Waals surface area contributed by atoms with E-state index in [0.29, 0.717) is 25.3 Å². The van der Waals surface area contributed by atoms with Crippen molar-refractivity contribution in [2.75, 3.05) is 19.7 Å². The van der Waals surface area contributed by atoms with Crippen LogP contribution in [0.4, 0.5) is 0 Å². The summed E-state index contributed by atoms with van der Waals surface area (Å²) in [7, 11) is 0. The number of fused-ring (bicyclic) bond motifs is 1. The Morgan fingerprint density at radius 2 is 2.15 bits per heavy atom. The molecule has 2 amide bonds. The number of hydroxylamine groups is 2. The summed E-state index contributed by atoms with van der Waals surface area (Å²) in [6.07, 6.45) is 5.13. The molecule has 1 N–H and O–H groups in total. The van der Waals surface area contributed by atoms with Crippen molar-refractivity contribution in [1.82, 2.24) is 19.5 Å². The van der Waals surface area contributed by atoms with Crippen LogP contribution in [-0.4, -0.2) is 56.1 Å². The van der Waals surface area contributed by atoms with Crippen molar-refractivity contribution in [3.8, 4) is 5.75 Å². The van der Waals surface area contributed by atoms with Gasteiger partial charge >= 0.3 is 0 Å². The van der Waals surface area contributed by atoms with Crippen molar-refractivity contribution < 1.29 is 19.5 Å². The number of hydrogen-bond donors (Lipinski definition) is 1. The van der Waals surface area contributed by atoms with Crippen LogP contribution in [-0.2, 0) is 16.2 Å². The first-order valence-corrected chi connectivity index (χ1v) is 8.67. The summed E-state index contributed by atoms with van der Waals surface area (Å²) in [4.78, 5) is 37.0. The Kier molecular flexibility index (Phi) is 4.34. The van der Waals surface area contributed by atoms with E-state index in [1.165, 1.54) is 17.2 Å². The van der Waals surface area contributed by atoms with Gasteiger partial charge in [-0.05, 0) is 31.0 Å². The van der Waals surface area contributed by atoms with Gasteiger partial charge in [-0.2, -0.15) is 0 Å². The molecular formula is C18H20N4O4. The first-order chi connectivity index (χ1) is 12.6. The van der Waals surface area contributed by atoms with E-state index in [9.17, 15) is 14.7 Å². The molecule has 0 saturated carbocycles. The Hall–Kier alpha value is -2.87. The number of rotatable bonds is 2. The lowest BCUT2D eigenvalue weighted by Crippen LogP contribution is -2.48. The number of amides is 2. The van der Waals surface area contributed by atoms with Crippen molar-refractivity contribution in [2.45, 2.75) is 25.4 Å².